The van der Waals surface area contributed by atoms with E-state index in [-0.39, 0.29) is 24.8 Å². The molecule has 0 bridgehead atoms. The Morgan fingerprint density at radius 2 is 1.80 bits per heavy atom. The first-order chi connectivity index (χ1) is 3.91. The minimum Gasteiger partial charge on any atom is -0.330 e. The van der Waals surface area contributed by atoms with E-state index in [4.69, 9.17) is 5.73 Å². The molecule has 2 nitrogen and oxygen atoms in total. The third-order valence-electron chi connectivity index (χ3n) is 0.984. The molecular weight excluding hydrogens is 171 g/mol. The van der Waals surface area contributed by atoms with Gasteiger partial charge in [0, 0.05) is 0 Å². The van der Waals surface area contributed by atoms with Crippen LogP contribution in [0.3, 0.4) is 0 Å². The largest absolute Gasteiger partial charge is 0.330 e. The molecule has 0 aliphatic carbocycles. The molecule has 0 atom stereocenters. The molecule has 0 aromatic carbocycles. The highest BCUT2D eigenvalue weighted by Gasteiger charge is 1.80. The molecule has 0 fully saturated rings. The smallest absolute Gasteiger partial charge is 0.00369 e. The highest BCUT2D eigenvalue weighted by atomic mass is 35.5. The number of nitrogens with one attached hydrogen (secondary N) is 1. The quantitative estimate of drug-likeness (QED) is 0.637. The van der Waals surface area contributed by atoms with Crippen molar-refractivity contribution in [2.24, 2.45) is 5.73 Å². The van der Waals surface area contributed by atoms with Crippen LogP contribution in [0.5, 0.6) is 0 Å². The Labute approximate surface area is 75.8 Å². The zero-order valence-corrected chi connectivity index (χ0v) is 8.06. The number of hydrogen-bond donors (Lipinski definition) is 2. The molecule has 0 heterocycles. The molecular formula is C6H18Cl2N2. The second kappa shape index (κ2) is 16.2. The summed E-state index contributed by atoms with van der Waals surface area (Å²) >= 11 is 0. The number of hydrogen-bond acceptors (Lipinski definition) is 2. The van der Waals surface area contributed by atoms with Crippen molar-refractivity contribution in [2.45, 2.75) is 19.8 Å². The highest BCUT2D eigenvalue weighted by molar-refractivity contribution is 5.85. The van der Waals surface area contributed by atoms with E-state index in [1.807, 2.05) is 0 Å². The molecule has 10 heavy (non-hydrogen) atoms. The van der Waals surface area contributed by atoms with Crippen molar-refractivity contribution < 1.29 is 0 Å². The van der Waals surface area contributed by atoms with Gasteiger partial charge in [0.1, 0.15) is 0 Å². The summed E-state index contributed by atoms with van der Waals surface area (Å²) in [5.74, 6) is 0. The molecule has 0 aromatic heterocycles. The van der Waals surface area contributed by atoms with E-state index in [1.54, 1.807) is 0 Å². The Morgan fingerprint density at radius 3 is 2.20 bits per heavy atom. The van der Waals surface area contributed by atoms with Crippen LogP contribution in [0.4, 0.5) is 0 Å². The number of nitrogens with two attached hydrogens (primary N) is 1. The van der Waals surface area contributed by atoms with Gasteiger partial charge in [0.05, 0.1) is 0 Å². The van der Waals surface area contributed by atoms with Crippen LogP contribution in [0.1, 0.15) is 19.8 Å². The van der Waals surface area contributed by atoms with Crippen LogP contribution in [0, 0.1) is 0 Å². The van der Waals surface area contributed by atoms with Gasteiger partial charge in [-0.25, -0.2) is 0 Å². The fraction of sp³-hybridized carbons (Fsp3) is 1.00. The van der Waals surface area contributed by atoms with Gasteiger partial charge in [0.25, 0.3) is 0 Å². The first kappa shape index (κ1) is 16.8. The fourth-order valence-corrected chi connectivity index (χ4v) is 0.529. The Kier molecular flexibility index (Phi) is 27.4. The van der Waals surface area contributed by atoms with Gasteiger partial charge in [-0.05, 0) is 32.5 Å². The van der Waals surface area contributed by atoms with Crippen LogP contribution in [0.15, 0.2) is 0 Å². The summed E-state index contributed by atoms with van der Waals surface area (Å²) in [5.41, 5.74) is 5.27. The van der Waals surface area contributed by atoms with E-state index < -0.39 is 0 Å². The van der Waals surface area contributed by atoms with Crippen LogP contribution in [-0.2, 0) is 0 Å². The maximum Gasteiger partial charge on any atom is -0.00369 e. The highest BCUT2D eigenvalue weighted by Crippen LogP contribution is 1.71. The monoisotopic (exact) mass is 188 g/mol. The topological polar surface area (TPSA) is 38.0 Å². The SMILES string of the molecule is CCCNCCCN.Cl.Cl. The lowest BCUT2D eigenvalue weighted by molar-refractivity contribution is 0.645. The van der Waals surface area contributed by atoms with Crippen molar-refractivity contribution >= 4 is 24.8 Å². The third-order valence-corrected chi connectivity index (χ3v) is 0.984. The molecule has 0 radical (unpaired) electrons. The molecule has 66 valence electrons. The minimum atomic E-state index is 0. The molecule has 0 aliphatic rings. The van der Waals surface area contributed by atoms with Crippen LogP contribution in [0.25, 0.3) is 0 Å². The Morgan fingerprint density at radius 1 is 1.20 bits per heavy atom. The van der Waals surface area contributed by atoms with Crippen LogP contribution >= 0.6 is 24.8 Å². The maximum absolute atomic E-state index is 5.27. The molecule has 3 N–H and O–H groups in total. The summed E-state index contributed by atoms with van der Waals surface area (Å²) in [6.07, 6.45) is 2.31. The summed E-state index contributed by atoms with van der Waals surface area (Å²) < 4.78 is 0. The second-order valence-electron chi connectivity index (χ2n) is 1.89. The van der Waals surface area contributed by atoms with Gasteiger partial charge >= 0.3 is 0 Å². The average Bonchev–Trinajstić information content (AvgIpc) is 1.81. The molecule has 0 spiro atoms. The van der Waals surface area contributed by atoms with E-state index in [9.17, 15) is 0 Å². The number of halogens is 2. The standard InChI is InChI=1S/C6H16N2.2ClH/c1-2-5-8-6-3-4-7;;/h8H,2-7H2,1H3;2*1H. The van der Waals surface area contributed by atoms with Gasteiger partial charge in [-0.2, -0.15) is 0 Å². The van der Waals surface area contributed by atoms with E-state index in [1.165, 1.54) is 6.42 Å². The van der Waals surface area contributed by atoms with E-state index in [2.05, 4.69) is 12.2 Å². The predicted molar refractivity (Wildman–Crippen MR) is 51.3 cm³/mol. The van der Waals surface area contributed by atoms with Gasteiger partial charge in [-0.15, -0.1) is 24.8 Å². The first-order valence-electron chi connectivity index (χ1n) is 3.32. The van der Waals surface area contributed by atoms with E-state index >= 15 is 0 Å². The first-order valence-corrected chi connectivity index (χ1v) is 3.32. The molecule has 0 saturated carbocycles. The summed E-state index contributed by atoms with van der Waals surface area (Å²) in [7, 11) is 0. The lowest BCUT2D eigenvalue weighted by Gasteiger charge is -1.98. The molecule has 0 rings (SSSR count). The van der Waals surface area contributed by atoms with Crippen molar-refractivity contribution in [1.29, 1.82) is 0 Å². The minimum absolute atomic E-state index is 0. The van der Waals surface area contributed by atoms with Crippen molar-refractivity contribution in [2.75, 3.05) is 19.6 Å². The second-order valence-corrected chi connectivity index (χ2v) is 1.89. The molecule has 4 heteroatoms. The molecule has 0 unspecified atom stereocenters. The van der Waals surface area contributed by atoms with Gasteiger partial charge in [-0.3, -0.25) is 0 Å². The lowest BCUT2D eigenvalue weighted by atomic mass is 10.4. The Balaban J connectivity index is -0.000000245. The van der Waals surface area contributed by atoms with E-state index in [0.717, 1.165) is 26.1 Å². The molecule has 0 aliphatic heterocycles. The van der Waals surface area contributed by atoms with Crippen LogP contribution in [-0.4, -0.2) is 19.6 Å². The van der Waals surface area contributed by atoms with Crippen molar-refractivity contribution in [1.82, 2.24) is 5.32 Å². The Hall–Kier alpha value is 0.500. The van der Waals surface area contributed by atoms with Gasteiger partial charge in [0.2, 0.25) is 0 Å². The fourth-order valence-electron chi connectivity index (χ4n) is 0.529. The third kappa shape index (κ3) is 15.8. The van der Waals surface area contributed by atoms with Crippen LogP contribution in [0.2, 0.25) is 0 Å². The van der Waals surface area contributed by atoms with Gasteiger partial charge < -0.3 is 11.1 Å². The summed E-state index contributed by atoms with van der Waals surface area (Å²) in [4.78, 5) is 0. The van der Waals surface area contributed by atoms with Crippen molar-refractivity contribution in [3.8, 4) is 0 Å². The zero-order valence-electron chi connectivity index (χ0n) is 6.43. The molecule has 0 aromatic rings. The molecule has 0 amide bonds. The summed E-state index contributed by atoms with van der Waals surface area (Å²) in [6.45, 7) is 5.16. The predicted octanol–water partition coefficient (Wildman–Crippen LogP) is 1.18. The normalized spacial score (nSPS) is 7.80. The van der Waals surface area contributed by atoms with E-state index in [0.29, 0.717) is 0 Å². The average molecular weight is 189 g/mol. The van der Waals surface area contributed by atoms with Crippen molar-refractivity contribution in [3.63, 3.8) is 0 Å². The van der Waals surface area contributed by atoms with Gasteiger partial charge in [-0.1, -0.05) is 6.92 Å². The van der Waals surface area contributed by atoms with Crippen molar-refractivity contribution in [3.05, 3.63) is 0 Å². The zero-order chi connectivity index (χ0) is 6.24. The Bertz CT molecular complexity index is 38.7. The summed E-state index contributed by atoms with van der Waals surface area (Å²) in [6, 6.07) is 0. The number of rotatable bonds is 5. The van der Waals surface area contributed by atoms with Crippen LogP contribution < -0.4 is 11.1 Å². The maximum atomic E-state index is 5.27. The molecule has 0 saturated heterocycles. The lowest BCUT2D eigenvalue weighted by Crippen LogP contribution is -2.18. The van der Waals surface area contributed by atoms with Gasteiger partial charge in [0.15, 0.2) is 0 Å². The summed E-state index contributed by atoms with van der Waals surface area (Å²) in [5, 5.41) is 3.26.